The molecule has 2 aliphatic rings. The molecule has 4 atom stereocenters. The lowest BCUT2D eigenvalue weighted by atomic mass is 9.74. The Balaban J connectivity index is 1.97. The van der Waals surface area contributed by atoms with Crippen molar-refractivity contribution in [2.45, 2.75) is 54.9 Å². The Hall–Kier alpha value is -0.0400. The maximum Gasteiger partial charge on any atom is 0.00303 e. The molecular formula is C17H33N. The van der Waals surface area contributed by atoms with Crippen LogP contribution >= 0.6 is 0 Å². The van der Waals surface area contributed by atoms with Crippen molar-refractivity contribution >= 4 is 0 Å². The van der Waals surface area contributed by atoms with Gasteiger partial charge in [0.25, 0.3) is 0 Å². The van der Waals surface area contributed by atoms with Gasteiger partial charge >= 0.3 is 0 Å². The number of hydrogen-bond acceptors (Lipinski definition) is 1. The van der Waals surface area contributed by atoms with Gasteiger partial charge in [0.15, 0.2) is 0 Å². The van der Waals surface area contributed by atoms with Gasteiger partial charge in [-0.15, -0.1) is 0 Å². The first kappa shape index (κ1) is 14.4. The first-order chi connectivity index (χ1) is 8.08. The van der Waals surface area contributed by atoms with Gasteiger partial charge in [-0.05, 0) is 40.9 Å². The van der Waals surface area contributed by atoms with Gasteiger partial charge in [0.05, 0.1) is 0 Å². The summed E-state index contributed by atoms with van der Waals surface area (Å²) in [4.78, 5) is 2.73. The highest BCUT2D eigenvalue weighted by molar-refractivity contribution is 4.99. The van der Waals surface area contributed by atoms with E-state index >= 15 is 0 Å². The van der Waals surface area contributed by atoms with Gasteiger partial charge in [0.2, 0.25) is 0 Å². The molecule has 0 amide bonds. The molecule has 4 unspecified atom stereocenters. The summed E-state index contributed by atoms with van der Waals surface area (Å²) in [7, 11) is 0. The minimum absolute atomic E-state index is 0.450. The van der Waals surface area contributed by atoms with Crippen LogP contribution in [0, 0.1) is 34.5 Å². The average Bonchev–Trinajstić information content (AvgIpc) is 2.62. The molecule has 0 bridgehead atoms. The Morgan fingerprint density at radius 3 is 2.06 bits per heavy atom. The highest BCUT2D eigenvalue weighted by Crippen LogP contribution is 2.52. The third kappa shape index (κ3) is 2.92. The quantitative estimate of drug-likeness (QED) is 0.672. The standard InChI is InChI=1S/C17H33N/c1-12-14-10-18(11-16(2,3)4)9-13(14)8-15(12)17(5,6)7/h12-15H,8-11H2,1-7H3. The first-order valence-corrected chi connectivity index (χ1v) is 7.80. The third-order valence-corrected chi connectivity index (χ3v) is 5.24. The van der Waals surface area contributed by atoms with Gasteiger partial charge in [-0.25, -0.2) is 0 Å². The monoisotopic (exact) mass is 251 g/mol. The molecule has 0 radical (unpaired) electrons. The molecule has 0 N–H and O–H groups in total. The van der Waals surface area contributed by atoms with E-state index in [0.29, 0.717) is 10.8 Å². The lowest BCUT2D eigenvalue weighted by molar-refractivity contribution is 0.147. The maximum atomic E-state index is 2.73. The van der Waals surface area contributed by atoms with Crippen molar-refractivity contribution < 1.29 is 0 Å². The molecule has 1 aliphatic heterocycles. The minimum Gasteiger partial charge on any atom is -0.302 e. The molecule has 2 fully saturated rings. The zero-order valence-electron chi connectivity index (χ0n) is 13.6. The summed E-state index contributed by atoms with van der Waals surface area (Å²) in [5.41, 5.74) is 0.948. The molecular weight excluding hydrogens is 218 g/mol. The summed E-state index contributed by atoms with van der Waals surface area (Å²) in [6.45, 7) is 20.9. The predicted molar refractivity (Wildman–Crippen MR) is 79.6 cm³/mol. The van der Waals surface area contributed by atoms with Gasteiger partial charge in [0, 0.05) is 19.6 Å². The molecule has 1 nitrogen and oxygen atoms in total. The summed E-state index contributed by atoms with van der Waals surface area (Å²) < 4.78 is 0. The van der Waals surface area contributed by atoms with E-state index < -0.39 is 0 Å². The van der Waals surface area contributed by atoms with E-state index in [-0.39, 0.29) is 0 Å². The number of hydrogen-bond donors (Lipinski definition) is 0. The Bertz CT molecular complexity index is 294. The van der Waals surface area contributed by atoms with E-state index in [1.54, 1.807) is 0 Å². The largest absolute Gasteiger partial charge is 0.302 e. The lowest BCUT2D eigenvalue weighted by Gasteiger charge is -2.34. The number of nitrogens with zero attached hydrogens (tertiary/aromatic N) is 1. The minimum atomic E-state index is 0.450. The summed E-state index contributed by atoms with van der Waals surface area (Å²) in [5, 5.41) is 0. The molecule has 1 saturated carbocycles. The molecule has 18 heavy (non-hydrogen) atoms. The Labute approximate surface area is 114 Å². The summed E-state index contributed by atoms with van der Waals surface area (Å²) in [5.74, 6) is 3.80. The van der Waals surface area contributed by atoms with Crippen molar-refractivity contribution in [2.24, 2.45) is 34.5 Å². The predicted octanol–water partition coefficient (Wildman–Crippen LogP) is 4.28. The highest BCUT2D eigenvalue weighted by Gasteiger charge is 2.49. The van der Waals surface area contributed by atoms with Crippen LogP contribution in [0.2, 0.25) is 0 Å². The molecule has 1 aliphatic carbocycles. The number of likely N-dealkylation sites (tertiary alicyclic amines) is 1. The van der Waals surface area contributed by atoms with Gasteiger partial charge < -0.3 is 4.90 Å². The van der Waals surface area contributed by atoms with Gasteiger partial charge in [-0.2, -0.15) is 0 Å². The van der Waals surface area contributed by atoms with Crippen LogP contribution in [0.4, 0.5) is 0 Å². The van der Waals surface area contributed by atoms with Crippen molar-refractivity contribution in [3.05, 3.63) is 0 Å². The molecule has 0 spiro atoms. The number of rotatable bonds is 1. The Kier molecular flexibility index (Phi) is 3.60. The second-order valence-corrected chi connectivity index (χ2v) is 9.25. The van der Waals surface area contributed by atoms with Crippen molar-refractivity contribution in [2.75, 3.05) is 19.6 Å². The van der Waals surface area contributed by atoms with Crippen molar-refractivity contribution in [3.8, 4) is 0 Å². The van der Waals surface area contributed by atoms with Crippen LogP contribution in [0.15, 0.2) is 0 Å². The van der Waals surface area contributed by atoms with Crippen LogP contribution in [0.3, 0.4) is 0 Å². The van der Waals surface area contributed by atoms with E-state index in [9.17, 15) is 0 Å². The maximum absolute atomic E-state index is 2.73. The van der Waals surface area contributed by atoms with Crippen molar-refractivity contribution in [3.63, 3.8) is 0 Å². The lowest BCUT2D eigenvalue weighted by Crippen LogP contribution is -2.34. The first-order valence-electron chi connectivity index (χ1n) is 7.80. The second-order valence-electron chi connectivity index (χ2n) is 9.25. The molecule has 1 heterocycles. The zero-order chi connectivity index (χ0) is 13.7. The molecule has 0 aromatic heterocycles. The normalized spacial score (nSPS) is 38.2. The van der Waals surface area contributed by atoms with Gasteiger partial charge in [0.1, 0.15) is 0 Å². The van der Waals surface area contributed by atoms with E-state index in [2.05, 4.69) is 53.4 Å². The third-order valence-electron chi connectivity index (χ3n) is 5.24. The molecule has 1 saturated heterocycles. The van der Waals surface area contributed by atoms with Crippen LogP contribution in [0.1, 0.15) is 54.9 Å². The smallest absolute Gasteiger partial charge is 0.00303 e. The van der Waals surface area contributed by atoms with Crippen molar-refractivity contribution in [1.29, 1.82) is 0 Å². The summed E-state index contributed by atoms with van der Waals surface area (Å²) >= 11 is 0. The van der Waals surface area contributed by atoms with E-state index in [0.717, 1.165) is 23.7 Å². The van der Waals surface area contributed by atoms with Crippen molar-refractivity contribution in [1.82, 2.24) is 4.90 Å². The number of fused-ring (bicyclic) bond motifs is 1. The van der Waals surface area contributed by atoms with E-state index in [4.69, 9.17) is 0 Å². The van der Waals surface area contributed by atoms with Gasteiger partial charge in [-0.1, -0.05) is 48.5 Å². The zero-order valence-corrected chi connectivity index (χ0v) is 13.6. The molecule has 106 valence electrons. The fourth-order valence-electron chi connectivity index (χ4n) is 4.62. The van der Waals surface area contributed by atoms with Crippen LogP contribution in [-0.2, 0) is 0 Å². The molecule has 2 rings (SSSR count). The van der Waals surface area contributed by atoms with Crippen LogP contribution in [0.5, 0.6) is 0 Å². The van der Waals surface area contributed by atoms with Crippen LogP contribution in [0.25, 0.3) is 0 Å². The fraction of sp³-hybridized carbons (Fsp3) is 1.00. The van der Waals surface area contributed by atoms with E-state index in [1.165, 1.54) is 26.1 Å². The average molecular weight is 251 g/mol. The fourth-order valence-corrected chi connectivity index (χ4v) is 4.62. The summed E-state index contributed by atoms with van der Waals surface area (Å²) in [6.07, 6.45) is 1.47. The SMILES string of the molecule is CC1C2CN(CC(C)(C)C)CC2CC1C(C)(C)C. The molecule has 0 aromatic rings. The summed E-state index contributed by atoms with van der Waals surface area (Å²) in [6, 6.07) is 0. The van der Waals surface area contributed by atoms with Gasteiger partial charge in [-0.3, -0.25) is 0 Å². The molecule has 0 aromatic carbocycles. The Morgan fingerprint density at radius 1 is 1.00 bits per heavy atom. The Morgan fingerprint density at radius 2 is 1.61 bits per heavy atom. The van der Waals surface area contributed by atoms with Crippen LogP contribution in [-0.4, -0.2) is 24.5 Å². The van der Waals surface area contributed by atoms with Crippen LogP contribution < -0.4 is 0 Å². The topological polar surface area (TPSA) is 3.24 Å². The van der Waals surface area contributed by atoms with E-state index in [1.807, 2.05) is 0 Å². The molecule has 1 heteroatoms. The second kappa shape index (κ2) is 4.51. The highest BCUT2D eigenvalue weighted by atomic mass is 15.2.